The first-order chi connectivity index (χ1) is 6.24. The van der Waals surface area contributed by atoms with Gasteiger partial charge in [-0.05, 0) is 13.3 Å². The summed E-state index contributed by atoms with van der Waals surface area (Å²) in [6.07, 6.45) is 0.970. The number of hydrogen-bond donors (Lipinski definition) is 2. The van der Waals surface area contributed by atoms with Crippen molar-refractivity contribution in [1.29, 1.82) is 0 Å². The molecule has 0 saturated heterocycles. The van der Waals surface area contributed by atoms with Gasteiger partial charge in [0.2, 0.25) is 0 Å². The molecule has 0 aliphatic rings. The van der Waals surface area contributed by atoms with Crippen molar-refractivity contribution in [1.82, 2.24) is 4.98 Å². The third kappa shape index (κ3) is 3.23. The number of rotatable bonds is 3. The van der Waals surface area contributed by atoms with Gasteiger partial charge in [-0.3, -0.25) is 0 Å². The minimum Gasteiger partial charge on any atom is -0.377 e. The normalized spacial score (nSPS) is 11.9. The molecule has 1 heterocycles. The summed E-state index contributed by atoms with van der Waals surface area (Å²) >= 11 is 3.14. The molecule has 4 N–H and O–H groups in total. The van der Waals surface area contributed by atoms with E-state index in [9.17, 15) is 0 Å². The zero-order valence-electron chi connectivity index (χ0n) is 7.36. The number of nitrogens with two attached hydrogens (primary N) is 2. The molecule has 0 spiro atoms. The average molecular weight is 216 g/mol. The molecule has 6 heteroatoms. The molecule has 13 heavy (non-hydrogen) atoms. The molecule has 0 aliphatic heterocycles. The number of thioether (sulfide) groups is 1. The van der Waals surface area contributed by atoms with E-state index in [-0.39, 0.29) is 0 Å². The molecule has 0 fully saturated rings. The highest BCUT2D eigenvalue weighted by Crippen LogP contribution is 2.15. The minimum absolute atomic E-state index is 0.433. The number of amidine groups is 1. The molecular formula is C7H12N4S2. The van der Waals surface area contributed by atoms with Gasteiger partial charge < -0.3 is 11.6 Å². The molecule has 1 aromatic heterocycles. The third-order valence-electron chi connectivity index (χ3n) is 1.55. The van der Waals surface area contributed by atoms with E-state index in [1.54, 1.807) is 11.3 Å². The molecule has 72 valence electrons. The lowest BCUT2D eigenvalue weighted by molar-refractivity contribution is 1.13. The smallest absolute Gasteiger partial charge is 0.177 e. The molecule has 0 unspecified atom stereocenters. The molecule has 0 saturated carbocycles. The summed E-state index contributed by atoms with van der Waals surface area (Å²) in [6.45, 7) is 2.01. The minimum atomic E-state index is 0.433. The van der Waals surface area contributed by atoms with E-state index in [1.807, 2.05) is 12.4 Å². The molecule has 1 rings (SSSR count). The van der Waals surface area contributed by atoms with Crippen LogP contribution in [0.1, 0.15) is 10.6 Å². The zero-order valence-corrected chi connectivity index (χ0v) is 8.99. The van der Waals surface area contributed by atoms with Gasteiger partial charge in [0.25, 0.3) is 0 Å². The van der Waals surface area contributed by atoms with Crippen LogP contribution in [-0.2, 0) is 6.42 Å². The van der Waals surface area contributed by atoms with Crippen molar-refractivity contribution in [3.8, 4) is 0 Å². The Morgan fingerprint density at radius 1 is 1.77 bits per heavy atom. The van der Waals surface area contributed by atoms with E-state index < -0.39 is 0 Å². The highest BCUT2D eigenvalue weighted by Gasteiger charge is 2.01. The largest absolute Gasteiger partial charge is 0.377 e. The van der Waals surface area contributed by atoms with E-state index in [0.29, 0.717) is 5.17 Å². The molecule has 0 bridgehead atoms. The predicted octanol–water partition coefficient (Wildman–Crippen LogP) is 0.916. The van der Waals surface area contributed by atoms with Gasteiger partial charge in [-0.15, -0.1) is 11.3 Å². The molecule has 0 atom stereocenters. The summed E-state index contributed by atoms with van der Waals surface area (Å²) in [5, 5.41) is 3.81. The fourth-order valence-corrected chi connectivity index (χ4v) is 2.35. The van der Waals surface area contributed by atoms with Crippen LogP contribution in [-0.4, -0.2) is 15.9 Å². The SMILES string of the molecule is Cc1ncsc1CCSC(N)=NN. The Balaban J connectivity index is 2.32. The first-order valence-corrected chi connectivity index (χ1v) is 5.65. The molecule has 0 aromatic carbocycles. The summed E-state index contributed by atoms with van der Waals surface area (Å²) < 4.78 is 0. The Hall–Kier alpha value is -0.750. The van der Waals surface area contributed by atoms with E-state index in [4.69, 9.17) is 11.6 Å². The fraction of sp³-hybridized carbons (Fsp3) is 0.429. The van der Waals surface area contributed by atoms with Gasteiger partial charge in [-0.25, -0.2) is 4.98 Å². The van der Waals surface area contributed by atoms with Crippen LogP contribution in [0.4, 0.5) is 0 Å². The number of aryl methyl sites for hydroxylation is 2. The molecule has 0 radical (unpaired) electrons. The van der Waals surface area contributed by atoms with Crippen molar-refractivity contribution in [2.24, 2.45) is 16.7 Å². The topological polar surface area (TPSA) is 77.3 Å². The lowest BCUT2D eigenvalue weighted by Gasteiger charge is -1.98. The third-order valence-corrected chi connectivity index (χ3v) is 3.36. The lowest BCUT2D eigenvalue weighted by atomic mass is 10.3. The van der Waals surface area contributed by atoms with E-state index >= 15 is 0 Å². The molecule has 0 amide bonds. The Bertz CT molecular complexity index is 294. The van der Waals surface area contributed by atoms with Gasteiger partial charge in [-0.1, -0.05) is 11.8 Å². The second-order valence-electron chi connectivity index (χ2n) is 2.43. The van der Waals surface area contributed by atoms with E-state index in [2.05, 4.69) is 10.1 Å². The maximum absolute atomic E-state index is 5.43. The second-order valence-corrected chi connectivity index (χ2v) is 4.48. The second kappa shape index (κ2) is 5.08. The Kier molecular flexibility index (Phi) is 4.04. The van der Waals surface area contributed by atoms with Crippen molar-refractivity contribution in [3.05, 3.63) is 16.1 Å². The van der Waals surface area contributed by atoms with Crippen LogP contribution in [0.25, 0.3) is 0 Å². The molecule has 4 nitrogen and oxygen atoms in total. The number of nitrogens with zero attached hydrogens (tertiary/aromatic N) is 2. The highest BCUT2D eigenvalue weighted by molar-refractivity contribution is 8.13. The van der Waals surface area contributed by atoms with Gasteiger partial charge in [0.05, 0.1) is 11.2 Å². The molecular weight excluding hydrogens is 204 g/mol. The summed E-state index contributed by atoms with van der Waals surface area (Å²) in [6, 6.07) is 0. The number of hydrazone groups is 1. The van der Waals surface area contributed by atoms with Crippen LogP contribution in [0.3, 0.4) is 0 Å². The van der Waals surface area contributed by atoms with Crippen molar-refractivity contribution in [2.45, 2.75) is 13.3 Å². The van der Waals surface area contributed by atoms with Crippen LogP contribution in [0.2, 0.25) is 0 Å². The first-order valence-electron chi connectivity index (χ1n) is 3.79. The summed E-state index contributed by atoms with van der Waals surface area (Å²) in [4.78, 5) is 5.46. The fourth-order valence-electron chi connectivity index (χ4n) is 0.852. The van der Waals surface area contributed by atoms with Crippen LogP contribution in [0.5, 0.6) is 0 Å². The van der Waals surface area contributed by atoms with Gasteiger partial charge in [0.1, 0.15) is 0 Å². The summed E-state index contributed by atoms with van der Waals surface area (Å²) in [5.41, 5.74) is 8.39. The van der Waals surface area contributed by atoms with Crippen LogP contribution in [0, 0.1) is 6.92 Å². The van der Waals surface area contributed by atoms with Crippen molar-refractivity contribution in [3.63, 3.8) is 0 Å². The Morgan fingerprint density at radius 3 is 3.08 bits per heavy atom. The summed E-state index contributed by atoms with van der Waals surface area (Å²) in [7, 11) is 0. The van der Waals surface area contributed by atoms with Crippen molar-refractivity contribution < 1.29 is 0 Å². The lowest BCUT2D eigenvalue weighted by Crippen LogP contribution is -2.10. The van der Waals surface area contributed by atoms with E-state index in [1.165, 1.54) is 16.6 Å². The van der Waals surface area contributed by atoms with Crippen LogP contribution >= 0.6 is 23.1 Å². The highest BCUT2D eigenvalue weighted by atomic mass is 32.2. The van der Waals surface area contributed by atoms with Gasteiger partial charge in [-0.2, -0.15) is 5.10 Å². The summed E-state index contributed by atoms with van der Waals surface area (Å²) in [5.74, 6) is 5.89. The van der Waals surface area contributed by atoms with Crippen LogP contribution in [0.15, 0.2) is 10.6 Å². The maximum Gasteiger partial charge on any atom is 0.177 e. The van der Waals surface area contributed by atoms with Gasteiger partial charge in [0.15, 0.2) is 5.17 Å². The standard InChI is InChI=1S/C7H12N4S2/c1-5-6(13-4-10-5)2-3-12-7(8)11-9/h4H,2-3,9H2,1H3,(H2,8,11). The van der Waals surface area contributed by atoms with Gasteiger partial charge >= 0.3 is 0 Å². The van der Waals surface area contributed by atoms with Crippen molar-refractivity contribution in [2.75, 3.05) is 5.75 Å². The Labute approximate surface area is 85.4 Å². The number of thiazole rings is 1. The molecule has 1 aromatic rings. The quantitative estimate of drug-likeness (QED) is 0.341. The Morgan fingerprint density at radius 2 is 2.54 bits per heavy atom. The zero-order chi connectivity index (χ0) is 9.68. The monoisotopic (exact) mass is 216 g/mol. The van der Waals surface area contributed by atoms with E-state index in [0.717, 1.165) is 17.9 Å². The van der Waals surface area contributed by atoms with Crippen molar-refractivity contribution >= 4 is 28.3 Å². The average Bonchev–Trinajstić information content (AvgIpc) is 2.52. The van der Waals surface area contributed by atoms with Gasteiger partial charge in [0, 0.05) is 10.6 Å². The predicted molar refractivity (Wildman–Crippen MR) is 58.8 cm³/mol. The molecule has 0 aliphatic carbocycles. The maximum atomic E-state index is 5.43. The number of hydrogen-bond acceptors (Lipinski definition) is 5. The number of aromatic nitrogens is 1. The van der Waals surface area contributed by atoms with Crippen LogP contribution < -0.4 is 11.6 Å². The first kappa shape index (κ1) is 10.3.